The molecule has 0 aliphatic rings. The van der Waals surface area contributed by atoms with Crippen molar-refractivity contribution >= 4 is 21.8 Å². The molecule has 4 aromatic carbocycles. The van der Waals surface area contributed by atoms with Gasteiger partial charge in [-0.1, -0.05) is 66.7 Å². The summed E-state index contributed by atoms with van der Waals surface area (Å²) in [6.45, 7) is 1.29. The lowest BCUT2D eigenvalue weighted by Gasteiger charge is -2.08. The molecule has 0 saturated heterocycles. The first kappa shape index (κ1) is 18.5. The predicted octanol–water partition coefficient (Wildman–Crippen LogP) is 6.03. The topological polar surface area (TPSA) is 34.4 Å². The van der Waals surface area contributed by atoms with Crippen molar-refractivity contribution in [2.24, 2.45) is 0 Å². The largest absolute Gasteiger partial charge is 0.489 e. The van der Waals surface area contributed by atoms with Crippen LogP contribution in [0.15, 0.2) is 97.1 Å². The van der Waals surface area contributed by atoms with Gasteiger partial charge in [-0.2, -0.15) is 0 Å². The quantitative estimate of drug-likeness (QED) is 0.382. The summed E-state index contributed by atoms with van der Waals surface area (Å²) in [4.78, 5) is 0. The van der Waals surface area contributed by atoms with E-state index in [1.54, 1.807) is 0 Å². The summed E-state index contributed by atoms with van der Waals surface area (Å²) < 4.78 is 8.10. The minimum absolute atomic E-state index is 0.125. The second kappa shape index (κ2) is 8.05. The molecule has 1 heterocycles. The van der Waals surface area contributed by atoms with Gasteiger partial charge in [-0.25, -0.2) is 0 Å². The Morgan fingerprint density at radius 2 is 1.37 bits per heavy atom. The fraction of sp³-hybridized carbons (Fsp3) is 0.111. The smallest absolute Gasteiger partial charge is 0.119 e. The van der Waals surface area contributed by atoms with Gasteiger partial charge in [0.2, 0.25) is 0 Å². The fourth-order valence-electron chi connectivity index (χ4n) is 4.06. The summed E-state index contributed by atoms with van der Waals surface area (Å²) in [6, 6.07) is 33.4. The Bertz CT molecular complexity index is 1290. The van der Waals surface area contributed by atoms with Crippen LogP contribution in [-0.2, 0) is 13.2 Å². The normalized spacial score (nSPS) is 11.2. The second-order valence-corrected chi connectivity index (χ2v) is 7.42. The Hall–Kier alpha value is -3.56. The van der Waals surface area contributed by atoms with Crippen LogP contribution >= 0.6 is 0 Å². The molecule has 1 aromatic heterocycles. The molecule has 3 heteroatoms. The molecular formula is C27H23NO2. The molecule has 30 heavy (non-hydrogen) atoms. The number of rotatable bonds is 6. The Morgan fingerprint density at radius 3 is 2.17 bits per heavy atom. The van der Waals surface area contributed by atoms with Gasteiger partial charge >= 0.3 is 0 Å². The molecule has 0 unspecified atom stereocenters. The van der Waals surface area contributed by atoms with Crippen molar-refractivity contribution in [3.05, 3.63) is 103 Å². The molecule has 0 amide bonds. The highest BCUT2D eigenvalue weighted by Gasteiger charge is 2.11. The van der Waals surface area contributed by atoms with E-state index in [1.807, 2.05) is 36.4 Å². The number of aliphatic hydroxyl groups excluding tert-OH is 1. The first-order valence-electron chi connectivity index (χ1n) is 10.2. The number of para-hydroxylation sites is 1. The highest BCUT2D eigenvalue weighted by Crippen LogP contribution is 2.33. The molecule has 0 aliphatic heterocycles. The standard InChI is InChI=1S/C27H23NO2/c29-17-16-28-26-9-5-4-8-24(26)25-18-22(12-15-27(25)28)21-10-13-23(14-11-21)30-19-20-6-2-1-3-7-20/h1-15,18,29H,16-17,19H2. The van der Waals surface area contributed by atoms with Gasteiger partial charge in [0.25, 0.3) is 0 Å². The van der Waals surface area contributed by atoms with Crippen LogP contribution in [0.1, 0.15) is 5.56 Å². The molecule has 3 nitrogen and oxygen atoms in total. The summed E-state index contributed by atoms with van der Waals surface area (Å²) in [6.07, 6.45) is 0. The second-order valence-electron chi connectivity index (χ2n) is 7.42. The highest BCUT2D eigenvalue weighted by atomic mass is 16.5. The SMILES string of the molecule is OCCn1c2ccccc2c2cc(-c3ccc(OCc4ccccc4)cc3)ccc21. The molecule has 0 aliphatic carbocycles. The highest BCUT2D eigenvalue weighted by molar-refractivity contribution is 6.09. The van der Waals surface area contributed by atoms with E-state index in [2.05, 4.69) is 65.2 Å². The molecule has 0 saturated carbocycles. The summed E-state index contributed by atoms with van der Waals surface area (Å²) >= 11 is 0. The van der Waals surface area contributed by atoms with Gasteiger partial charge in [-0.3, -0.25) is 0 Å². The maximum Gasteiger partial charge on any atom is 0.119 e. The van der Waals surface area contributed by atoms with Crippen LogP contribution in [0.2, 0.25) is 0 Å². The molecule has 0 atom stereocenters. The molecular weight excluding hydrogens is 370 g/mol. The zero-order valence-corrected chi connectivity index (χ0v) is 16.7. The van der Waals surface area contributed by atoms with Crippen molar-refractivity contribution in [1.29, 1.82) is 0 Å². The molecule has 0 radical (unpaired) electrons. The average molecular weight is 393 g/mol. The third-order valence-corrected chi connectivity index (χ3v) is 5.53. The van der Waals surface area contributed by atoms with Gasteiger partial charge in [-0.15, -0.1) is 0 Å². The van der Waals surface area contributed by atoms with E-state index >= 15 is 0 Å². The molecule has 0 bridgehead atoms. The average Bonchev–Trinajstić information content (AvgIpc) is 3.12. The third-order valence-electron chi connectivity index (χ3n) is 5.53. The van der Waals surface area contributed by atoms with Crippen LogP contribution in [0, 0.1) is 0 Å². The maximum absolute atomic E-state index is 9.50. The van der Waals surface area contributed by atoms with Crippen molar-refractivity contribution in [2.45, 2.75) is 13.2 Å². The van der Waals surface area contributed by atoms with Crippen molar-refractivity contribution in [1.82, 2.24) is 4.57 Å². The summed E-state index contributed by atoms with van der Waals surface area (Å²) in [5.74, 6) is 0.864. The first-order chi connectivity index (χ1) is 14.8. The van der Waals surface area contributed by atoms with Crippen LogP contribution in [0.25, 0.3) is 32.9 Å². The van der Waals surface area contributed by atoms with E-state index < -0.39 is 0 Å². The van der Waals surface area contributed by atoms with Gasteiger partial charge in [0, 0.05) is 28.4 Å². The molecule has 0 spiro atoms. The summed E-state index contributed by atoms with van der Waals surface area (Å²) in [5, 5.41) is 11.9. The van der Waals surface area contributed by atoms with E-state index in [0.29, 0.717) is 13.2 Å². The van der Waals surface area contributed by atoms with E-state index in [9.17, 15) is 5.11 Å². The first-order valence-corrected chi connectivity index (χ1v) is 10.2. The number of hydrogen-bond acceptors (Lipinski definition) is 2. The van der Waals surface area contributed by atoms with Crippen LogP contribution in [-0.4, -0.2) is 16.3 Å². The molecule has 1 N–H and O–H groups in total. The van der Waals surface area contributed by atoms with E-state index in [-0.39, 0.29) is 6.61 Å². The van der Waals surface area contributed by atoms with Crippen molar-refractivity contribution in [3.8, 4) is 16.9 Å². The zero-order valence-electron chi connectivity index (χ0n) is 16.7. The molecule has 148 valence electrons. The Balaban J connectivity index is 1.45. The van der Waals surface area contributed by atoms with E-state index in [0.717, 1.165) is 27.9 Å². The monoisotopic (exact) mass is 393 g/mol. The zero-order chi connectivity index (χ0) is 20.3. The maximum atomic E-state index is 9.50. The fourth-order valence-corrected chi connectivity index (χ4v) is 4.06. The summed E-state index contributed by atoms with van der Waals surface area (Å²) in [7, 11) is 0. The number of benzene rings is 4. The molecule has 5 rings (SSSR count). The van der Waals surface area contributed by atoms with Gasteiger partial charge in [0.05, 0.1) is 6.61 Å². The third kappa shape index (κ3) is 3.44. The van der Waals surface area contributed by atoms with Gasteiger partial charge < -0.3 is 14.4 Å². The lowest BCUT2D eigenvalue weighted by Crippen LogP contribution is -2.01. The van der Waals surface area contributed by atoms with Crippen LogP contribution in [0.3, 0.4) is 0 Å². The van der Waals surface area contributed by atoms with Gasteiger partial charge in [0.1, 0.15) is 12.4 Å². The number of hydrogen-bond donors (Lipinski definition) is 1. The minimum atomic E-state index is 0.125. The Kier molecular flexibility index (Phi) is 4.96. The number of fused-ring (bicyclic) bond motifs is 3. The lowest BCUT2D eigenvalue weighted by atomic mass is 10.0. The minimum Gasteiger partial charge on any atom is -0.489 e. The predicted molar refractivity (Wildman–Crippen MR) is 123 cm³/mol. The Labute approximate surface area is 175 Å². The number of nitrogens with zero attached hydrogens (tertiary/aromatic N) is 1. The van der Waals surface area contributed by atoms with E-state index in [1.165, 1.54) is 16.3 Å². The Morgan fingerprint density at radius 1 is 0.667 bits per heavy atom. The number of aliphatic hydroxyl groups is 1. The summed E-state index contributed by atoms with van der Waals surface area (Å²) in [5.41, 5.74) is 5.79. The molecule has 0 fully saturated rings. The number of aromatic nitrogens is 1. The van der Waals surface area contributed by atoms with Gasteiger partial charge in [-0.05, 0) is 47.0 Å². The van der Waals surface area contributed by atoms with Crippen LogP contribution in [0.5, 0.6) is 5.75 Å². The van der Waals surface area contributed by atoms with Crippen molar-refractivity contribution in [3.63, 3.8) is 0 Å². The van der Waals surface area contributed by atoms with E-state index in [4.69, 9.17) is 4.74 Å². The lowest BCUT2D eigenvalue weighted by molar-refractivity contribution is 0.280. The van der Waals surface area contributed by atoms with Gasteiger partial charge in [0.15, 0.2) is 0 Å². The molecule has 5 aromatic rings. The van der Waals surface area contributed by atoms with Crippen molar-refractivity contribution < 1.29 is 9.84 Å². The van der Waals surface area contributed by atoms with Crippen LogP contribution < -0.4 is 4.74 Å². The van der Waals surface area contributed by atoms with Crippen LogP contribution in [0.4, 0.5) is 0 Å². The van der Waals surface area contributed by atoms with Crippen molar-refractivity contribution in [2.75, 3.05) is 6.61 Å². The number of ether oxygens (including phenoxy) is 1.